The van der Waals surface area contributed by atoms with Gasteiger partial charge in [-0.1, -0.05) is 0 Å². The Balaban J connectivity index is 1.46. The standard InChI is InChI=1S/C15H18F2N2O/c1-8-10-5-15(10)6-11(13(15)19(8)2)20-12-4-3-9(7-18-12)14(16)17/h3-4,7-8,10-11,13-14H,5-6H2,1-2H3. The van der Waals surface area contributed by atoms with Gasteiger partial charge in [0, 0.05) is 23.9 Å². The zero-order valence-corrected chi connectivity index (χ0v) is 11.6. The van der Waals surface area contributed by atoms with Crippen LogP contribution in [0.25, 0.3) is 0 Å². The van der Waals surface area contributed by atoms with E-state index in [4.69, 9.17) is 4.74 Å². The smallest absolute Gasteiger partial charge is 0.265 e. The third-order valence-electron chi connectivity index (χ3n) is 5.65. The van der Waals surface area contributed by atoms with Crippen molar-refractivity contribution in [3.05, 3.63) is 23.9 Å². The normalized spacial score (nSPS) is 42.0. The highest BCUT2D eigenvalue weighted by Crippen LogP contribution is 2.73. The summed E-state index contributed by atoms with van der Waals surface area (Å²) in [5, 5.41) is 0. The maximum Gasteiger partial charge on any atom is 0.265 e. The summed E-state index contributed by atoms with van der Waals surface area (Å²) in [6.07, 6.45) is 1.28. The van der Waals surface area contributed by atoms with E-state index in [1.54, 1.807) is 6.07 Å². The number of rotatable bonds is 3. The van der Waals surface area contributed by atoms with Crippen LogP contribution in [0, 0.1) is 11.3 Å². The topological polar surface area (TPSA) is 25.4 Å². The zero-order chi connectivity index (χ0) is 14.1. The fourth-order valence-electron chi connectivity index (χ4n) is 4.45. The summed E-state index contributed by atoms with van der Waals surface area (Å²) in [7, 11) is 2.16. The van der Waals surface area contributed by atoms with Crippen LogP contribution in [0.3, 0.4) is 0 Å². The van der Waals surface area contributed by atoms with E-state index in [-0.39, 0.29) is 11.7 Å². The van der Waals surface area contributed by atoms with Gasteiger partial charge in [0.2, 0.25) is 5.88 Å². The van der Waals surface area contributed by atoms with Crippen molar-refractivity contribution in [2.24, 2.45) is 11.3 Å². The largest absolute Gasteiger partial charge is 0.473 e. The summed E-state index contributed by atoms with van der Waals surface area (Å²) < 4.78 is 30.9. The number of nitrogens with zero attached hydrogens (tertiary/aromatic N) is 2. The second-order valence-corrected chi connectivity index (χ2v) is 6.49. The highest BCUT2D eigenvalue weighted by atomic mass is 19.3. The lowest BCUT2D eigenvalue weighted by atomic mass is 9.73. The second kappa shape index (κ2) is 3.91. The zero-order valence-electron chi connectivity index (χ0n) is 11.6. The Morgan fingerprint density at radius 1 is 1.40 bits per heavy atom. The number of hydrogen-bond acceptors (Lipinski definition) is 3. The molecule has 3 fully saturated rings. The molecule has 3 aliphatic rings. The maximum absolute atomic E-state index is 12.5. The predicted molar refractivity (Wildman–Crippen MR) is 69.8 cm³/mol. The van der Waals surface area contributed by atoms with Gasteiger partial charge in [0.05, 0.1) is 6.04 Å². The number of aromatic nitrogens is 1. The number of ether oxygens (including phenoxy) is 1. The van der Waals surface area contributed by atoms with Crippen LogP contribution >= 0.6 is 0 Å². The molecule has 5 unspecified atom stereocenters. The molecular weight excluding hydrogens is 262 g/mol. The minimum atomic E-state index is -2.47. The van der Waals surface area contributed by atoms with Crippen molar-refractivity contribution < 1.29 is 13.5 Å². The molecule has 3 nitrogen and oxygen atoms in total. The van der Waals surface area contributed by atoms with Gasteiger partial charge in [-0.2, -0.15) is 0 Å². The van der Waals surface area contributed by atoms with Crippen molar-refractivity contribution in [3.63, 3.8) is 0 Å². The first-order valence-electron chi connectivity index (χ1n) is 7.15. The minimum absolute atomic E-state index is 0.0590. The van der Waals surface area contributed by atoms with Crippen molar-refractivity contribution in [1.82, 2.24) is 9.88 Å². The molecule has 0 bridgehead atoms. The van der Waals surface area contributed by atoms with Crippen molar-refractivity contribution in [2.45, 2.75) is 44.4 Å². The lowest BCUT2D eigenvalue weighted by Gasteiger charge is -2.46. The third kappa shape index (κ3) is 1.50. The number of alkyl halides is 2. The highest BCUT2D eigenvalue weighted by molar-refractivity contribution is 5.29. The molecule has 5 atom stereocenters. The van der Waals surface area contributed by atoms with E-state index in [1.807, 2.05) is 0 Å². The van der Waals surface area contributed by atoms with Gasteiger partial charge in [-0.3, -0.25) is 4.90 Å². The summed E-state index contributed by atoms with van der Waals surface area (Å²) in [6, 6.07) is 4.04. The van der Waals surface area contributed by atoms with E-state index in [1.165, 1.54) is 18.7 Å². The van der Waals surface area contributed by atoms with Gasteiger partial charge >= 0.3 is 0 Å². The lowest BCUT2D eigenvalue weighted by molar-refractivity contribution is -0.0397. The molecule has 2 saturated carbocycles. The molecule has 1 spiro atoms. The third-order valence-corrected chi connectivity index (χ3v) is 5.65. The fraction of sp³-hybridized carbons (Fsp3) is 0.667. The molecule has 1 aromatic heterocycles. The fourth-order valence-corrected chi connectivity index (χ4v) is 4.45. The van der Waals surface area contributed by atoms with Crippen LogP contribution in [0.1, 0.15) is 31.8 Å². The monoisotopic (exact) mass is 280 g/mol. The Kier molecular flexibility index (Phi) is 2.44. The van der Waals surface area contributed by atoms with Gasteiger partial charge in [0.25, 0.3) is 6.43 Å². The Labute approximate surface area is 116 Å². The molecule has 5 heteroatoms. The van der Waals surface area contributed by atoms with E-state index >= 15 is 0 Å². The number of piperidine rings is 1. The maximum atomic E-state index is 12.5. The van der Waals surface area contributed by atoms with Crippen LogP contribution in [0.15, 0.2) is 18.3 Å². The lowest BCUT2D eigenvalue weighted by Crippen LogP contribution is -2.57. The van der Waals surface area contributed by atoms with E-state index in [0.29, 0.717) is 23.4 Å². The second-order valence-electron chi connectivity index (χ2n) is 6.49. The van der Waals surface area contributed by atoms with Gasteiger partial charge < -0.3 is 4.74 Å². The van der Waals surface area contributed by atoms with Crippen LogP contribution in [0.4, 0.5) is 8.78 Å². The van der Waals surface area contributed by atoms with Gasteiger partial charge in [0.1, 0.15) is 6.10 Å². The van der Waals surface area contributed by atoms with Crippen molar-refractivity contribution >= 4 is 0 Å². The number of likely N-dealkylation sites (N-methyl/N-ethyl adjacent to an activating group) is 1. The van der Waals surface area contributed by atoms with E-state index < -0.39 is 6.43 Å². The number of likely N-dealkylation sites (tertiary alicyclic amines) is 1. The molecule has 4 rings (SSSR count). The first-order chi connectivity index (χ1) is 9.53. The molecule has 2 heterocycles. The van der Waals surface area contributed by atoms with Crippen molar-refractivity contribution in [2.75, 3.05) is 7.05 Å². The molecule has 1 saturated heterocycles. The average molecular weight is 280 g/mol. The highest BCUT2D eigenvalue weighted by Gasteiger charge is 2.76. The summed E-state index contributed by atoms with van der Waals surface area (Å²) in [6.45, 7) is 2.28. The first kappa shape index (κ1) is 12.5. The van der Waals surface area contributed by atoms with Gasteiger partial charge in [-0.25, -0.2) is 13.8 Å². The Morgan fingerprint density at radius 2 is 2.20 bits per heavy atom. The molecule has 20 heavy (non-hydrogen) atoms. The average Bonchev–Trinajstić information content (AvgIpc) is 3.11. The molecule has 2 aliphatic carbocycles. The number of halogens is 2. The Hall–Kier alpha value is -1.23. The first-order valence-corrected chi connectivity index (χ1v) is 7.15. The molecule has 0 radical (unpaired) electrons. The summed E-state index contributed by atoms with van der Waals surface area (Å²) in [5.41, 5.74) is 0.429. The van der Waals surface area contributed by atoms with Crippen LogP contribution in [0.2, 0.25) is 0 Å². The minimum Gasteiger partial charge on any atom is -0.473 e. The van der Waals surface area contributed by atoms with Crippen molar-refractivity contribution in [1.29, 1.82) is 0 Å². The Bertz CT molecular complexity index is 535. The summed E-state index contributed by atoms with van der Waals surface area (Å²) in [5.74, 6) is 1.28. The summed E-state index contributed by atoms with van der Waals surface area (Å²) >= 11 is 0. The van der Waals surface area contributed by atoms with E-state index in [2.05, 4.69) is 23.9 Å². The van der Waals surface area contributed by atoms with E-state index in [0.717, 1.165) is 12.3 Å². The molecule has 0 amide bonds. The van der Waals surface area contributed by atoms with Crippen LogP contribution < -0.4 is 4.74 Å². The quantitative estimate of drug-likeness (QED) is 0.851. The molecule has 0 aromatic carbocycles. The number of hydrogen-bond donors (Lipinski definition) is 0. The number of pyridine rings is 1. The molecule has 1 aromatic rings. The molecule has 108 valence electrons. The van der Waals surface area contributed by atoms with Gasteiger partial charge in [0.15, 0.2) is 0 Å². The summed E-state index contributed by atoms with van der Waals surface area (Å²) in [4.78, 5) is 6.41. The predicted octanol–water partition coefficient (Wildman–Crippen LogP) is 2.88. The molecular formula is C15H18F2N2O. The molecule has 1 aliphatic heterocycles. The van der Waals surface area contributed by atoms with Crippen LogP contribution in [-0.2, 0) is 0 Å². The van der Waals surface area contributed by atoms with Crippen molar-refractivity contribution in [3.8, 4) is 5.88 Å². The van der Waals surface area contributed by atoms with E-state index in [9.17, 15) is 8.78 Å². The van der Waals surface area contributed by atoms with Gasteiger partial charge in [-0.05, 0) is 44.2 Å². The van der Waals surface area contributed by atoms with Crippen LogP contribution in [0.5, 0.6) is 5.88 Å². The van der Waals surface area contributed by atoms with Crippen LogP contribution in [-0.4, -0.2) is 35.1 Å². The Morgan fingerprint density at radius 3 is 2.80 bits per heavy atom. The SMILES string of the molecule is CC1C2CC23CC(Oc2ccc(C(F)F)cn2)C3N1C. The molecule has 0 N–H and O–H groups in total. The van der Waals surface area contributed by atoms with Gasteiger partial charge in [-0.15, -0.1) is 0 Å².